The van der Waals surface area contributed by atoms with Crippen LogP contribution in [0.3, 0.4) is 0 Å². The second kappa shape index (κ2) is 4.95. The highest BCUT2D eigenvalue weighted by Gasteiger charge is 2.28. The van der Waals surface area contributed by atoms with Crippen LogP contribution >= 0.6 is 0 Å². The lowest BCUT2D eigenvalue weighted by Crippen LogP contribution is -2.25. The van der Waals surface area contributed by atoms with Gasteiger partial charge in [0.1, 0.15) is 11.9 Å². The molecule has 0 aromatic heterocycles. The molecule has 1 unspecified atom stereocenters. The summed E-state index contributed by atoms with van der Waals surface area (Å²) in [5.41, 5.74) is 12.6. The van der Waals surface area contributed by atoms with Gasteiger partial charge < -0.3 is 10.5 Å². The van der Waals surface area contributed by atoms with Crippen molar-refractivity contribution < 1.29 is 4.74 Å². The lowest BCUT2D eigenvalue weighted by atomic mass is 9.88. The van der Waals surface area contributed by atoms with Crippen molar-refractivity contribution in [3.05, 3.63) is 64.2 Å². The van der Waals surface area contributed by atoms with Gasteiger partial charge in [0, 0.05) is 18.0 Å². The average molecular weight is 267 g/mol. The quantitative estimate of drug-likeness (QED) is 0.843. The Kier molecular flexibility index (Phi) is 3.27. The minimum atomic E-state index is 0.0463. The number of rotatable bonds is 1. The van der Waals surface area contributed by atoms with E-state index in [1.807, 2.05) is 18.2 Å². The number of aryl methyl sites for hydroxylation is 3. The molecular weight excluding hydrogens is 246 g/mol. The molecule has 20 heavy (non-hydrogen) atoms. The molecule has 3 rings (SSSR count). The van der Waals surface area contributed by atoms with E-state index in [1.165, 1.54) is 22.3 Å². The van der Waals surface area contributed by atoms with Crippen LogP contribution in [0.4, 0.5) is 0 Å². The molecule has 0 bridgehead atoms. The molecule has 0 fully saturated rings. The smallest absolute Gasteiger partial charge is 0.126 e. The van der Waals surface area contributed by atoms with E-state index in [0.717, 1.165) is 17.7 Å². The third-order valence-electron chi connectivity index (χ3n) is 4.12. The van der Waals surface area contributed by atoms with Crippen LogP contribution in [0.5, 0.6) is 5.75 Å². The highest BCUT2D eigenvalue weighted by molar-refractivity contribution is 5.43. The Balaban J connectivity index is 2.02. The Bertz CT molecular complexity index is 625. The summed E-state index contributed by atoms with van der Waals surface area (Å²) in [6.45, 7) is 6.45. The van der Waals surface area contributed by atoms with Crippen molar-refractivity contribution in [1.82, 2.24) is 0 Å². The van der Waals surface area contributed by atoms with Crippen LogP contribution in [-0.2, 0) is 0 Å². The normalized spacial score (nSPS) is 21.2. The van der Waals surface area contributed by atoms with Crippen LogP contribution < -0.4 is 10.5 Å². The predicted octanol–water partition coefficient (Wildman–Crippen LogP) is 4.14. The van der Waals surface area contributed by atoms with Crippen molar-refractivity contribution in [1.29, 1.82) is 0 Å². The molecule has 2 atom stereocenters. The Morgan fingerprint density at radius 1 is 1.05 bits per heavy atom. The van der Waals surface area contributed by atoms with Gasteiger partial charge in [0.05, 0.1) is 0 Å². The van der Waals surface area contributed by atoms with E-state index in [1.54, 1.807) is 0 Å². The number of hydrogen-bond donors (Lipinski definition) is 1. The minimum Gasteiger partial charge on any atom is -0.485 e. The molecule has 1 aliphatic heterocycles. The van der Waals surface area contributed by atoms with Crippen molar-refractivity contribution in [2.45, 2.75) is 39.3 Å². The van der Waals surface area contributed by atoms with Gasteiger partial charge in [-0.25, -0.2) is 0 Å². The molecule has 2 N–H and O–H groups in total. The van der Waals surface area contributed by atoms with Gasteiger partial charge in [0.25, 0.3) is 0 Å². The standard InChI is InChI=1S/C18H21NO/c1-11-8-12(2)18(13(3)9-11)17-10-15(19)14-6-4-5-7-16(14)20-17/h4-9,15,17H,10,19H2,1-3H3/t15-,17?/m0/s1. The maximum atomic E-state index is 6.32. The molecule has 1 heterocycles. The summed E-state index contributed by atoms with van der Waals surface area (Å²) < 4.78 is 6.21. The lowest BCUT2D eigenvalue weighted by Gasteiger charge is -2.32. The molecule has 2 nitrogen and oxygen atoms in total. The molecule has 0 saturated heterocycles. The summed E-state index contributed by atoms with van der Waals surface area (Å²) in [6.07, 6.45) is 0.891. The third-order valence-corrected chi connectivity index (χ3v) is 4.12. The fourth-order valence-electron chi connectivity index (χ4n) is 3.33. The van der Waals surface area contributed by atoms with Crippen LogP contribution in [0, 0.1) is 20.8 Å². The van der Waals surface area contributed by atoms with Gasteiger partial charge in [0.15, 0.2) is 0 Å². The summed E-state index contributed by atoms with van der Waals surface area (Å²) in [6, 6.07) is 12.6. The number of fused-ring (bicyclic) bond motifs is 1. The third kappa shape index (κ3) is 2.20. The fourth-order valence-corrected chi connectivity index (χ4v) is 3.33. The molecule has 0 saturated carbocycles. The molecular formula is C18H21NO. The van der Waals surface area contributed by atoms with E-state index in [2.05, 4.69) is 39.0 Å². The molecule has 0 radical (unpaired) electrons. The zero-order chi connectivity index (χ0) is 14.3. The minimum absolute atomic E-state index is 0.0463. The Morgan fingerprint density at radius 2 is 1.70 bits per heavy atom. The van der Waals surface area contributed by atoms with Crippen molar-refractivity contribution in [2.24, 2.45) is 5.73 Å². The summed E-state index contributed by atoms with van der Waals surface area (Å²) in [4.78, 5) is 0. The number of hydrogen-bond acceptors (Lipinski definition) is 2. The van der Waals surface area contributed by atoms with Crippen molar-refractivity contribution >= 4 is 0 Å². The summed E-state index contributed by atoms with van der Waals surface area (Å²) >= 11 is 0. The lowest BCUT2D eigenvalue weighted by molar-refractivity contribution is 0.160. The average Bonchev–Trinajstić information content (AvgIpc) is 2.37. The molecule has 2 aromatic carbocycles. The van der Waals surface area contributed by atoms with Gasteiger partial charge in [-0.3, -0.25) is 0 Å². The van der Waals surface area contributed by atoms with Crippen molar-refractivity contribution in [2.75, 3.05) is 0 Å². The Labute approximate surface area is 120 Å². The summed E-state index contributed by atoms with van der Waals surface area (Å²) in [7, 11) is 0. The summed E-state index contributed by atoms with van der Waals surface area (Å²) in [5.74, 6) is 0.927. The second-order valence-corrected chi connectivity index (χ2v) is 5.80. The van der Waals surface area contributed by atoms with Crippen LogP contribution in [0.2, 0.25) is 0 Å². The van der Waals surface area contributed by atoms with E-state index in [0.29, 0.717) is 0 Å². The van der Waals surface area contributed by atoms with Gasteiger partial charge in [-0.1, -0.05) is 35.9 Å². The molecule has 104 valence electrons. The summed E-state index contributed by atoms with van der Waals surface area (Å²) in [5, 5.41) is 0. The number of ether oxygens (including phenoxy) is 1. The van der Waals surface area contributed by atoms with Crippen molar-refractivity contribution in [3.63, 3.8) is 0 Å². The van der Waals surface area contributed by atoms with Gasteiger partial charge in [-0.15, -0.1) is 0 Å². The van der Waals surface area contributed by atoms with Crippen LogP contribution in [0.15, 0.2) is 36.4 Å². The Morgan fingerprint density at radius 3 is 2.40 bits per heavy atom. The zero-order valence-corrected chi connectivity index (χ0v) is 12.3. The maximum absolute atomic E-state index is 6.32. The van der Waals surface area contributed by atoms with E-state index in [9.17, 15) is 0 Å². The fraction of sp³-hybridized carbons (Fsp3) is 0.333. The van der Waals surface area contributed by atoms with Crippen LogP contribution in [0.1, 0.15) is 46.4 Å². The molecule has 2 aromatic rings. The molecule has 1 aliphatic rings. The van der Waals surface area contributed by atoms with E-state index in [-0.39, 0.29) is 12.1 Å². The largest absolute Gasteiger partial charge is 0.485 e. The molecule has 0 amide bonds. The SMILES string of the molecule is Cc1cc(C)c(C2C[C@H](N)c3ccccc3O2)c(C)c1. The van der Waals surface area contributed by atoms with Gasteiger partial charge in [-0.05, 0) is 43.5 Å². The predicted molar refractivity (Wildman–Crippen MR) is 82.0 cm³/mol. The molecule has 2 heteroatoms. The topological polar surface area (TPSA) is 35.2 Å². The zero-order valence-electron chi connectivity index (χ0n) is 12.3. The highest BCUT2D eigenvalue weighted by Crippen LogP contribution is 2.41. The first-order valence-electron chi connectivity index (χ1n) is 7.15. The van der Waals surface area contributed by atoms with Crippen LogP contribution in [0.25, 0.3) is 0 Å². The van der Waals surface area contributed by atoms with E-state index in [4.69, 9.17) is 10.5 Å². The first-order valence-corrected chi connectivity index (χ1v) is 7.15. The highest BCUT2D eigenvalue weighted by atomic mass is 16.5. The van der Waals surface area contributed by atoms with Gasteiger partial charge in [-0.2, -0.15) is 0 Å². The molecule has 0 aliphatic carbocycles. The Hall–Kier alpha value is -1.80. The van der Waals surface area contributed by atoms with Crippen molar-refractivity contribution in [3.8, 4) is 5.75 Å². The number of nitrogens with two attached hydrogens (primary N) is 1. The monoisotopic (exact) mass is 267 g/mol. The van der Waals surface area contributed by atoms with E-state index >= 15 is 0 Å². The first kappa shape index (κ1) is 13.2. The first-order chi connectivity index (χ1) is 9.56. The number of benzene rings is 2. The van der Waals surface area contributed by atoms with Crippen LogP contribution in [-0.4, -0.2) is 0 Å². The second-order valence-electron chi connectivity index (χ2n) is 5.80. The van der Waals surface area contributed by atoms with Gasteiger partial charge in [0.2, 0.25) is 0 Å². The number of para-hydroxylation sites is 1. The van der Waals surface area contributed by atoms with E-state index < -0.39 is 0 Å². The molecule has 0 spiro atoms. The maximum Gasteiger partial charge on any atom is 0.126 e. The van der Waals surface area contributed by atoms with Gasteiger partial charge >= 0.3 is 0 Å².